The average molecular weight is 222 g/mol. The van der Waals surface area contributed by atoms with Gasteiger partial charge in [0.25, 0.3) is 0 Å². The lowest BCUT2D eigenvalue weighted by Crippen LogP contribution is -2.43. The van der Waals surface area contributed by atoms with Crippen LogP contribution < -0.4 is 10.6 Å². The van der Waals surface area contributed by atoms with Gasteiger partial charge < -0.3 is 15.7 Å². The van der Waals surface area contributed by atoms with E-state index in [-0.39, 0.29) is 12.3 Å². The van der Waals surface area contributed by atoms with Crippen LogP contribution in [0.15, 0.2) is 11.1 Å². The largest absolute Gasteiger partial charge is 0.480 e. The molecule has 16 heavy (non-hydrogen) atoms. The molecule has 1 saturated heterocycles. The Labute approximate surface area is 93.9 Å². The molecule has 0 radical (unpaired) electrons. The molecule has 0 aromatic rings. The fourth-order valence-electron chi connectivity index (χ4n) is 1.26. The summed E-state index contributed by atoms with van der Waals surface area (Å²) in [5.74, 6) is 0.750. The molecule has 1 aliphatic heterocycles. The lowest BCUT2D eigenvalue weighted by molar-refractivity contribution is -0.141. The molecule has 1 unspecified atom stereocenters. The summed E-state index contributed by atoms with van der Waals surface area (Å²) < 4.78 is 0. The summed E-state index contributed by atoms with van der Waals surface area (Å²) in [7, 11) is 0. The number of nitrogens with one attached hydrogen (secondary N) is 2. The van der Waals surface area contributed by atoms with E-state index in [0.29, 0.717) is 18.7 Å². The summed E-state index contributed by atoms with van der Waals surface area (Å²) in [5.41, 5.74) is 1.57. The Bertz CT molecular complexity index is 373. The lowest BCUT2D eigenvalue weighted by Gasteiger charge is -2.22. The van der Waals surface area contributed by atoms with Crippen LogP contribution in [0.25, 0.3) is 0 Å². The highest BCUT2D eigenvalue weighted by Gasteiger charge is 2.22. The van der Waals surface area contributed by atoms with E-state index in [4.69, 9.17) is 11.5 Å². The maximum Gasteiger partial charge on any atom is 0.327 e. The van der Waals surface area contributed by atoms with Crippen LogP contribution in [0, 0.1) is 12.3 Å². The monoisotopic (exact) mass is 222 g/mol. The number of aliphatic carboxylic acids is 1. The summed E-state index contributed by atoms with van der Waals surface area (Å²) in [4.78, 5) is 22.4. The first kappa shape index (κ1) is 12.3. The fourth-order valence-corrected chi connectivity index (χ4v) is 1.26. The summed E-state index contributed by atoms with van der Waals surface area (Å²) in [6, 6.07) is -1.01. The van der Waals surface area contributed by atoms with Crippen LogP contribution in [-0.4, -0.2) is 36.1 Å². The van der Waals surface area contributed by atoms with Gasteiger partial charge in [-0.1, -0.05) is 0 Å². The van der Waals surface area contributed by atoms with Crippen molar-refractivity contribution < 1.29 is 14.7 Å². The predicted octanol–water partition coefficient (Wildman–Crippen LogP) is -0.501. The Morgan fingerprint density at radius 3 is 2.62 bits per heavy atom. The molecule has 0 aromatic heterocycles. The lowest BCUT2D eigenvalue weighted by atomic mass is 10.0. The first-order valence-corrected chi connectivity index (χ1v) is 4.92. The van der Waals surface area contributed by atoms with Crippen LogP contribution in [0.2, 0.25) is 0 Å². The maximum atomic E-state index is 11.6. The van der Waals surface area contributed by atoms with Crippen molar-refractivity contribution in [3.05, 3.63) is 11.1 Å². The molecule has 0 bridgehead atoms. The molecular weight excluding hydrogens is 208 g/mol. The van der Waals surface area contributed by atoms with E-state index < -0.39 is 12.0 Å². The van der Waals surface area contributed by atoms with Crippen LogP contribution in [0.3, 0.4) is 0 Å². The fraction of sp³-hybridized carbons (Fsp3) is 0.455. The third kappa shape index (κ3) is 2.84. The SMILES string of the molecule is C#CCC(NC(=O)C(C)=C1CNC1)C(=O)O. The minimum atomic E-state index is -1.11. The summed E-state index contributed by atoms with van der Waals surface area (Å²) in [6.07, 6.45) is 5.02. The number of carbonyl (C=O) groups excluding carboxylic acids is 1. The molecule has 1 rings (SSSR count). The Morgan fingerprint density at radius 2 is 2.25 bits per heavy atom. The van der Waals surface area contributed by atoms with Gasteiger partial charge in [0, 0.05) is 25.1 Å². The van der Waals surface area contributed by atoms with Crippen molar-refractivity contribution >= 4 is 11.9 Å². The van der Waals surface area contributed by atoms with Crippen molar-refractivity contribution in [1.82, 2.24) is 10.6 Å². The highest BCUT2D eigenvalue weighted by Crippen LogP contribution is 2.09. The van der Waals surface area contributed by atoms with E-state index in [1.165, 1.54) is 0 Å². The van der Waals surface area contributed by atoms with Gasteiger partial charge in [0.15, 0.2) is 0 Å². The van der Waals surface area contributed by atoms with Crippen LogP contribution in [0.1, 0.15) is 13.3 Å². The second-order valence-electron chi connectivity index (χ2n) is 3.60. The summed E-state index contributed by atoms with van der Waals surface area (Å²) >= 11 is 0. The van der Waals surface area contributed by atoms with E-state index in [9.17, 15) is 9.59 Å². The summed E-state index contributed by atoms with van der Waals surface area (Å²) in [5, 5.41) is 14.2. The Kier molecular flexibility index (Phi) is 4.09. The molecule has 1 aliphatic rings. The van der Waals surface area contributed by atoms with Gasteiger partial charge in [-0.15, -0.1) is 12.3 Å². The number of terminal acetylenes is 1. The maximum absolute atomic E-state index is 11.6. The minimum Gasteiger partial charge on any atom is -0.480 e. The zero-order valence-corrected chi connectivity index (χ0v) is 9.04. The first-order chi connectivity index (χ1) is 7.56. The molecule has 5 heteroatoms. The van der Waals surface area contributed by atoms with Gasteiger partial charge in [-0.2, -0.15) is 0 Å². The number of hydrogen-bond donors (Lipinski definition) is 3. The highest BCUT2D eigenvalue weighted by molar-refractivity contribution is 5.96. The van der Waals surface area contributed by atoms with Gasteiger partial charge in [0.1, 0.15) is 6.04 Å². The quantitative estimate of drug-likeness (QED) is 0.442. The number of carboxylic acids is 1. The van der Waals surface area contributed by atoms with Gasteiger partial charge in [-0.3, -0.25) is 4.79 Å². The van der Waals surface area contributed by atoms with Crippen molar-refractivity contribution in [3.8, 4) is 12.3 Å². The second kappa shape index (κ2) is 5.33. The van der Waals surface area contributed by atoms with Crippen molar-refractivity contribution in [3.63, 3.8) is 0 Å². The normalized spacial score (nSPS) is 15.6. The number of carbonyl (C=O) groups is 2. The Balaban J connectivity index is 2.62. The molecule has 0 aromatic carbocycles. The molecule has 1 heterocycles. The van der Waals surface area contributed by atoms with E-state index in [1.54, 1.807) is 6.92 Å². The standard InChI is InChI=1S/C11H14N2O3/c1-3-4-9(11(15)16)13-10(14)7(2)8-5-12-6-8/h1,9,12H,4-6H2,2H3,(H,13,14)(H,15,16). The van der Waals surface area contributed by atoms with Gasteiger partial charge in [0.2, 0.25) is 5.91 Å². The van der Waals surface area contributed by atoms with Crippen LogP contribution in [0.5, 0.6) is 0 Å². The van der Waals surface area contributed by atoms with Crippen molar-refractivity contribution in [2.45, 2.75) is 19.4 Å². The smallest absolute Gasteiger partial charge is 0.327 e. The highest BCUT2D eigenvalue weighted by atomic mass is 16.4. The Hall–Kier alpha value is -1.80. The molecule has 0 spiro atoms. The third-order valence-electron chi connectivity index (χ3n) is 2.47. The number of rotatable bonds is 4. The molecule has 1 fully saturated rings. The zero-order chi connectivity index (χ0) is 12.1. The van der Waals surface area contributed by atoms with E-state index >= 15 is 0 Å². The molecule has 1 atom stereocenters. The van der Waals surface area contributed by atoms with Gasteiger partial charge in [-0.05, 0) is 12.5 Å². The minimum absolute atomic E-state index is 0.0120. The number of amides is 1. The van der Waals surface area contributed by atoms with Crippen LogP contribution in [0.4, 0.5) is 0 Å². The van der Waals surface area contributed by atoms with E-state index in [2.05, 4.69) is 16.6 Å². The topological polar surface area (TPSA) is 78.4 Å². The van der Waals surface area contributed by atoms with E-state index in [1.807, 2.05) is 0 Å². The summed E-state index contributed by atoms with van der Waals surface area (Å²) in [6.45, 7) is 3.05. The molecule has 0 aliphatic carbocycles. The Morgan fingerprint density at radius 1 is 1.62 bits per heavy atom. The molecule has 3 N–H and O–H groups in total. The van der Waals surface area contributed by atoms with Crippen LogP contribution >= 0.6 is 0 Å². The van der Waals surface area contributed by atoms with Gasteiger partial charge in [-0.25, -0.2) is 4.79 Å². The van der Waals surface area contributed by atoms with E-state index in [0.717, 1.165) is 5.57 Å². The second-order valence-corrected chi connectivity index (χ2v) is 3.60. The molecule has 5 nitrogen and oxygen atoms in total. The first-order valence-electron chi connectivity index (χ1n) is 4.92. The van der Waals surface area contributed by atoms with Gasteiger partial charge >= 0.3 is 5.97 Å². The van der Waals surface area contributed by atoms with Crippen molar-refractivity contribution in [2.24, 2.45) is 0 Å². The van der Waals surface area contributed by atoms with Crippen molar-refractivity contribution in [1.29, 1.82) is 0 Å². The molecule has 86 valence electrons. The average Bonchev–Trinajstić information content (AvgIpc) is 2.13. The molecular formula is C11H14N2O3. The molecule has 1 amide bonds. The number of carboxylic acid groups (broad SMARTS) is 1. The van der Waals surface area contributed by atoms with Crippen LogP contribution in [-0.2, 0) is 9.59 Å². The predicted molar refractivity (Wildman–Crippen MR) is 58.6 cm³/mol. The third-order valence-corrected chi connectivity index (χ3v) is 2.47. The van der Waals surface area contributed by atoms with Crippen molar-refractivity contribution in [2.75, 3.05) is 13.1 Å². The van der Waals surface area contributed by atoms with Gasteiger partial charge in [0.05, 0.1) is 0 Å². The molecule has 0 saturated carbocycles. The number of hydrogen-bond acceptors (Lipinski definition) is 3. The zero-order valence-electron chi connectivity index (χ0n) is 9.04.